The molecule has 4 aromatic rings. The highest BCUT2D eigenvalue weighted by atomic mass is 16.2. The Balaban J connectivity index is 1.46. The summed E-state index contributed by atoms with van der Waals surface area (Å²) in [5, 5.41) is 0. The van der Waals surface area contributed by atoms with Crippen molar-refractivity contribution in [2.24, 2.45) is 0 Å². The first kappa shape index (κ1) is 18.3. The number of nitrogens with zero attached hydrogens (tertiary/aromatic N) is 6. The minimum absolute atomic E-state index is 0.00897. The number of benzene rings is 1. The molecule has 0 radical (unpaired) electrons. The van der Waals surface area contributed by atoms with E-state index in [1.54, 1.807) is 31.1 Å². The Bertz CT molecular complexity index is 1190. The second-order valence-corrected chi connectivity index (χ2v) is 7.38. The summed E-state index contributed by atoms with van der Waals surface area (Å²) in [4.78, 5) is 36.9. The lowest BCUT2D eigenvalue weighted by Crippen LogP contribution is -2.39. The molecule has 0 N–H and O–H groups in total. The molecule has 1 aliphatic heterocycles. The third-order valence-electron chi connectivity index (χ3n) is 5.56. The quantitative estimate of drug-likeness (QED) is 0.527. The molecule has 1 aliphatic rings. The Labute approximate surface area is 173 Å². The third-order valence-corrected chi connectivity index (χ3v) is 5.56. The van der Waals surface area contributed by atoms with Crippen molar-refractivity contribution < 1.29 is 4.79 Å². The molecular weight excluding hydrogens is 376 g/mol. The van der Waals surface area contributed by atoms with Crippen LogP contribution in [0.15, 0.2) is 67.6 Å². The highest BCUT2D eigenvalue weighted by Gasteiger charge is 2.29. The Hall–Kier alpha value is -3.74. The minimum Gasteiger partial charge on any atom is -0.338 e. The summed E-state index contributed by atoms with van der Waals surface area (Å²) in [6.45, 7) is 1.34. The van der Waals surface area contributed by atoms with Crippen molar-refractivity contribution in [3.8, 4) is 11.1 Å². The highest BCUT2D eigenvalue weighted by molar-refractivity contribution is 6.04. The Kier molecular flexibility index (Phi) is 4.85. The number of aromatic nitrogens is 5. The molecule has 0 bridgehead atoms. The van der Waals surface area contributed by atoms with Gasteiger partial charge in [0.15, 0.2) is 0 Å². The van der Waals surface area contributed by atoms with Gasteiger partial charge in [-0.1, -0.05) is 6.07 Å². The SMILES string of the molecule is O=C(c1cccc2nccnc12)N1CCC[C@@H](c2ncncc2-c2ccncc2)C1. The normalized spacial score (nSPS) is 16.5. The van der Waals surface area contributed by atoms with Crippen molar-refractivity contribution in [1.82, 2.24) is 29.8 Å². The monoisotopic (exact) mass is 396 g/mol. The third kappa shape index (κ3) is 3.39. The highest BCUT2D eigenvalue weighted by Crippen LogP contribution is 2.33. The summed E-state index contributed by atoms with van der Waals surface area (Å²) < 4.78 is 0. The number of pyridine rings is 1. The van der Waals surface area contributed by atoms with Crippen LogP contribution in [-0.4, -0.2) is 48.8 Å². The number of rotatable bonds is 3. The van der Waals surface area contributed by atoms with Crippen molar-refractivity contribution in [3.05, 3.63) is 78.9 Å². The number of piperidine rings is 1. The van der Waals surface area contributed by atoms with E-state index in [-0.39, 0.29) is 11.8 Å². The van der Waals surface area contributed by atoms with Gasteiger partial charge < -0.3 is 4.90 Å². The number of para-hydroxylation sites is 1. The molecule has 148 valence electrons. The number of carbonyl (C=O) groups is 1. The van der Waals surface area contributed by atoms with Crippen molar-refractivity contribution in [2.75, 3.05) is 13.1 Å². The molecule has 1 saturated heterocycles. The summed E-state index contributed by atoms with van der Waals surface area (Å²) in [6.07, 6.45) is 12.1. The number of carbonyl (C=O) groups excluding carboxylic acids is 1. The first-order chi connectivity index (χ1) is 14.8. The summed E-state index contributed by atoms with van der Waals surface area (Å²) in [7, 11) is 0. The molecule has 3 aromatic heterocycles. The number of fused-ring (bicyclic) bond motifs is 1. The predicted octanol–water partition coefficient (Wildman–Crippen LogP) is 3.50. The molecule has 0 spiro atoms. The van der Waals surface area contributed by atoms with Crippen LogP contribution in [0.4, 0.5) is 0 Å². The lowest BCUT2D eigenvalue weighted by Gasteiger charge is -2.33. The molecule has 5 rings (SSSR count). The van der Waals surface area contributed by atoms with Crippen molar-refractivity contribution in [2.45, 2.75) is 18.8 Å². The van der Waals surface area contributed by atoms with E-state index in [1.165, 1.54) is 0 Å². The van der Waals surface area contributed by atoms with Crippen molar-refractivity contribution >= 4 is 16.9 Å². The average Bonchev–Trinajstić information content (AvgIpc) is 2.84. The molecule has 1 aromatic carbocycles. The number of hydrogen-bond acceptors (Lipinski definition) is 6. The number of hydrogen-bond donors (Lipinski definition) is 0. The summed E-state index contributed by atoms with van der Waals surface area (Å²) in [5.74, 6) is 0.139. The fraction of sp³-hybridized carbons (Fsp3) is 0.217. The lowest BCUT2D eigenvalue weighted by molar-refractivity contribution is 0.0708. The van der Waals surface area contributed by atoms with Gasteiger partial charge in [0.2, 0.25) is 0 Å². The van der Waals surface area contributed by atoms with Crippen LogP contribution in [0.5, 0.6) is 0 Å². The second-order valence-electron chi connectivity index (χ2n) is 7.38. The van der Waals surface area contributed by atoms with Crippen molar-refractivity contribution in [3.63, 3.8) is 0 Å². The van der Waals surface area contributed by atoms with Crippen LogP contribution in [0.1, 0.15) is 34.8 Å². The number of likely N-dealkylation sites (tertiary alicyclic amines) is 1. The van der Waals surface area contributed by atoms with E-state index in [0.717, 1.165) is 41.7 Å². The van der Waals surface area contributed by atoms with Gasteiger partial charge in [0.1, 0.15) is 11.8 Å². The molecule has 0 aliphatic carbocycles. The predicted molar refractivity (Wildman–Crippen MR) is 113 cm³/mol. The molecular formula is C23H20N6O. The maximum absolute atomic E-state index is 13.4. The van der Waals surface area contributed by atoms with Crippen molar-refractivity contribution in [1.29, 1.82) is 0 Å². The number of amides is 1. The van der Waals surface area contributed by atoms with Gasteiger partial charge in [-0.2, -0.15) is 0 Å². The first-order valence-corrected chi connectivity index (χ1v) is 10.0. The van der Waals surface area contributed by atoms with Gasteiger partial charge in [-0.25, -0.2) is 9.97 Å². The summed E-state index contributed by atoms with van der Waals surface area (Å²) in [6, 6.07) is 9.49. The van der Waals surface area contributed by atoms with E-state index in [4.69, 9.17) is 0 Å². The van der Waals surface area contributed by atoms with E-state index < -0.39 is 0 Å². The van der Waals surface area contributed by atoms with E-state index in [1.807, 2.05) is 41.4 Å². The Morgan fingerprint density at radius 2 is 1.83 bits per heavy atom. The molecule has 30 heavy (non-hydrogen) atoms. The summed E-state index contributed by atoms with van der Waals surface area (Å²) in [5.41, 5.74) is 4.98. The molecule has 1 amide bonds. The zero-order valence-electron chi connectivity index (χ0n) is 16.3. The van der Waals surface area contributed by atoms with Gasteiger partial charge in [0.25, 0.3) is 5.91 Å². The van der Waals surface area contributed by atoms with E-state index in [2.05, 4.69) is 24.9 Å². The zero-order valence-corrected chi connectivity index (χ0v) is 16.3. The minimum atomic E-state index is -0.00897. The fourth-order valence-corrected chi connectivity index (χ4v) is 4.14. The van der Waals surface area contributed by atoms with E-state index in [9.17, 15) is 4.79 Å². The van der Waals surface area contributed by atoms with Gasteiger partial charge in [0, 0.05) is 55.6 Å². The van der Waals surface area contributed by atoms with Crippen LogP contribution < -0.4 is 0 Å². The summed E-state index contributed by atoms with van der Waals surface area (Å²) >= 11 is 0. The van der Waals surface area contributed by atoms with Crippen LogP contribution in [0, 0.1) is 0 Å². The van der Waals surface area contributed by atoms with Gasteiger partial charge in [-0.15, -0.1) is 0 Å². The largest absolute Gasteiger partial charge is 0.338 e. The molecule has 4 heterocycles. The fourth-order valence-electron chi connectivity index (χ4n) is 4.14. The lowest BCUT2D eigenvalue weighted by atomic mass is 9.90. The van der Waals surface area contributed by atoms with Gasteiger partial charge >= 0.3 is 0 Å². The van der Waals surface area contributed by atoms with Gasteiger partial charge in [-0.05, 0) is 42.7 Å². The molecule has 7 heteroatoms. The molecule has 0 unspecified atom stereocenters. The Morgan fingerprint density at radius 3 is 2.73 bits per heavy atom. The molecule has 1 fully saturated rings. The second kappa shape index (κ2) is 7.94. The topological polar surface area (TPSA) is 84.8 Å². The maximum Gasteiger partial charge on any atom is 0.256 e. The van der Waals surface area contributed by atoms with Crippen LogP contribution in [0.3, 0.4) is 0 Å². The van der Waals surface area contributed by atoms with Crippen LogP contribution in [0.2, 0.25) is 0 Å². The van der Waals surface area contributed by atoms with Gasteiger partial charge in [0.05, 0.1) is 16.8 Å². The van der Waals surface area contributed by atoms with Crippen LogP contribution >= 0.6 is 0 Å². The van der Waals surface area contributed by atoms with E-state index in [0.29, 0.717) is 17.6 Å². The maximum atomic E-state index is 13.4. The first-order valence-electron chi connectivity index (χ1n) is 10.0. The Morgan fingerprint density at radius 1 is 0.967 bits per heavy atom. The zero-order chi connectivity index (χ0) is 20.3. The molecule has 7 nitrogen and oxygen atoms in total. The van der Waals surface area contributed by atoms with Gasteiger partial charge in [-0.3, -0.25) is 19.7 Å². The average molecular weight is 396 g/mol. The standard InChI is InChI=1S/C23H20N6O/c30-23(18-4-1-5-20-22(18)27-11-10-26-20)29-12-2-3-17(14-29)21-19(13-25-15-28-21)16-6-8-24-9-7-16/h1,4-11,13,15,17H,2-3,12,14H2/t17-/m1/s1. The molecule has 1 atom stereocenters. The van der Waals surface area contributed by atoms with Crippen LogP contribution in [-0.2, 0) is 0 Å². The van der Waals surface area contributed by atoms with Crippen LogP contribution in [0.25, 0.3) is 22.2 Å². The van der Waals surface area contributed by atoms with E-state index >= 15 is 0 Å². The smallest absolute Gasteiger partial charge is 0.256 e. The molecule has 0 saturated carbocycles.